The van der Waals surface area contributed by atoms with Crippen molar-refractivity contribution in [1.29, 1.82) is 0 Å². The summed E-state index contributed by atoms with van der Waals surface area (Å²) in [7, 11) is 0. The van der Waals surface area contributed by atoms with E-state index in [0.29, 0.717) is 29.6 Å². The number of aromatic nitrogens is 1. The van der Waals surface area contributed by atoms with Gasteiger partial charge in [-0.2, -0.15) is 0 Å². The molecule has 6 heteroatoms. The summed E-state index contributed by atoms with van der Waals surface area (Å²) in [4.78, 5) is 18.2. The Balaban J connectivity index is 1.29. The number of rotatable bonds is 8. The minimum absolute atomic E-state index is 0.0499. The lowest BCUT2D eigenvalue weighted by Crippen LogP contribution is -2.09. The number of hydrogen-bond acceptors (Lipinski definition) is 6. The van der Waals surface area contributed by atoms with Crippen LogP contribution in [0.3, 0.4) is 0 Å². The summed E-state index contributed by atoms with van der Waals surface area (Å²) in [5.41, 5.74) is 3.33. The quantitative estimate of drug-likeness (QED) is 0.266. The van der Waals surface area contributed by atoms with Crippen molar-refractivity contribution < 1.29 is 14.3 Å². The van der Waals surface area contributed by atoms with Crippen molar-refractivity contribution in [3.63, 3.8) is 0 Å². The van der Waals surface area contributed by atoms with Crippen molar-refractivity contribution in [2.75, 3.05) is 0 Å². The lowest BCUT2D eigenvalue weighted by molar-refractivity contribution is 0.303. The Kier molecular flexibility index (Phi) is 7.95. The maximum Gasteiger partial charge on any atom is 0.343 e. The second kappa shape index (κ2) is 11.7. The molecule has 4 aromatic rings. The van der Waals surface area contributed by atoms with Gasteiger partial charge in [-0.1, -0.05) is 37.5 Å². The van der Waals surface area contributed by atoms with Crippen molar-refractivity contribution in [3.8, 4) is 22.8 Å². The van der Waals surface area contributed by atoms with Crippen molar-refractivity contribution in [1.82, 2.24) is 4.98 Å². The van der Waals surface area contributed by atoms with Crippen LogP contribution < -0.4 is 10.4 Å². The standard InChI is InChI=1S/C31H31NO4S/c1-21-15-24(12-13-29(21)35-20-23-8-6-14-32-19-23)30-18-28(33)27(31(34)36-30)17-22-7-5-11-26(16-22)37-25-9-3-2-4-10-25/h5-8,11-16,18-19,25,33H,2-4,9-10,17,20H2,1H3. The van der Waals surface area contributed by atoms with Crippen LogP contribution in [0.2, 0.25) is 0 Å². The van der Waals surface area contributed by atoms with Gasteiger partial charge in [0.25, 0.3) is 0 Å². The molecule has 1 fully saturated rings. The van der Waals surface area contributed by atoms with Gasteiger partial charge in [0.2, 0.25) is 0 Å². The predicted octanol–water partition coefficient (Wildman–Crippen LogP) is 7.31. The van der Waals surface area contributed by atoms with Gasteiger partial charge in [0.15, 0.2) is 0 Å². The molecule has 5 nitrogen and oxygen atoms in total. The molecule has 1 aliphatic carbocycles. The van der Waals surface area contributed by atoms with E-state index in [1.807, 2.05) is 61.2 Å². The minimum atomic E-state index is -0.519. The Morgan fingerprint density at radius 2 is 1.86 bits per heavy atom. The smallest absolute Gasteiger partial charge is 0.343 e. The third kappa shape index (κ3) is 6.44. The summed E-state index contributed by atoms with van der Waals surface area (Å²) in [5, 5.41) is 11.4. The molecule has 0 saturated heterocycles. The van der Waals surface area contributed by atoms with Gasteiger partial charge in [0.1, 0.15) is 23.9 Å². The largest absolute Gasteiger partial charge is 0.507 e. The van der Waals surface area contributed by atoms with Gasteiger partial charge in [0.05, 0.1) is 5.56 Å². The first kappa shape index (κ1) is 25.2. The third-order valence-electron chi connectivity index (χ3n) is 6.74. The SMILES string of the molecule is Cc1cc(-c2cc(O)c(Cc3cccc(SC4CCCCC4)c3)c(=O)o2)ccc1OCc1cccnc1. The van der Waals surface area contributed by atoms with E-state index in [9.17, 15) is 9.90 Å². The highest BCUT2D eigenvalue weighted by molar-refractivity contribution is 8.00. The van der Waals surface area contributed by atoms with E-state index in [0.717, 1.165) is 22.4 Å². The molecular formula is C31H31NO4S. The molecule has 0 unspecified atom stereocenters. The molecule has 1 aliphatic rings. The molecule has 0 spiro atoms. The average Bonchev–Trinajstić information content (AvgIpc) is 2.91. The first-order chi connectivity index (χ1) is 18.0. The van der Waals surface area contributed by atoms with E-state index in [-0.39, 0.29) is 11.3 Å². The summed E-state index contributed by atoms with van der Waals surface area (Å²) < 4.78 is 11.6. The van der Waals surface area contributed by atoms with Gasteiger partial charge in [-0.25, -0.2) is 4.79 Å². The number of aromatic hydroxyl groups is 1. The van der Waals surface area contributed by atoms with Gasteiger partial charge >= 0.3 is 5.63 Å². The highest BCUT2D eigenvalue weighted by Crippen LogP contribution is 2.34. The van der Waals surface area contributed by atoms with Crippen LogP contribution in [0.15, 0.2) is 87.2 Å². The molecule has 2 aromatic carbocycles. The van der Waals surface area contributed by atoms with Crippen LogP contribution in [-0.4, -0.2) is 15.3 Å². The third-order valence-corrected chi connectivity index (χ3v) is 8.07. The molecule has 0 amide bonds. The fourth-order valence-electron chi connectivity index (χ4n) is 4.73. The van der Waals surface area contributed by atoms with Crippen LogP contribution in [-0.2, 0) is 13.0 Å². The van der Waals surface area contributed by atoms with Gasteiger partial charge in [-0.15, -0.1) is 11.8 Å². The molecule has 2 heterocycles. The Hall–Kier alpha value is -3.51. The first-order valence-corrected chi connectivity index (χ1v) is 13.7. The molecule has 5 rings (SSSR count). The normalized spacial score (nSPS) is 14.0. The molecule has 0 aliphatic heterocycles. The highest BCUT2D eigenvalue weighted by Gasteiger charge is 2.17. The Labute approximate surface area is 221 Å². The van der Waals surface area contributed by atoms with E-state index in [4.69, 9.17) is 9.15 Å². The van der Waals surface area contributed by atoms with Gasteiger partial charge < -0.3 is 14.3 Å². The summed E-state index contributed by atoms with van der Waals surface area (Å²) in [5.74, 6) is 1.02. The molecule has 0 radical (unpaired) electrons. The monoisotopic (exact) mass is 513 g/mol. The Bertz CT molecular complexity index is 1410. The fraction of sp³-hybridized carbons (Fsp3) is 0.290. The zero-order valence-corrected chi connectivity index (χ0v) is 21.8. The molecular weight excluding hydrogens is 482 g/mol. The van der Waals surface area contributed by atoms with Crippen LogP contribution in [0.4, 0.5) is 0 Å². The van der Waals surface area contributed by atoms with E-state index in [1.54, 1.807) is 12.4 Å². The zero-order valence-electron chi connectivity index (χ0n) is 21.0. The number of thioether (sulfide) groups is 1. The zero-order chi connectivity index (χ0) is 25.6. The topological polar surface area (TPSA) is 72.6 Å². The summed E-state index contributed by atoms with van der Waals surface area (Å²) >= 11 is 1.92. The number of pyridine rings is 1. The van der Waals surface area contributed by atoms with Crippen LogP contribution in [0.1, 0.15) is 54.4 Å². The summed E-state index contributed by atoms with van der Waals surface area (Å²) in [6.07, 6.45) is 10.3. The minimum Gasteiger partial charge on any atom is -0.507 e. The molecule has 1 N–H and O–H groups in total. The molecule has 2 aromatic heterocycles. The maximum atomic E-state index is 12.9. The lowest BCUT2D eigenvalue weighted by Gasteiger charge is -2.21. The van der Waals surface area contributed by atoms with Crippen molar-refractivity contribution in [2.24, 2.45) is 0 Å². The van der Waals surface area contributed by atoms with Gasteiger partial charge in [0, 0.05) is 46.2 Å². The number of benzene rings is 2. The molecule has 0 atom stereocenters. The summed E-state index contributed by atoms with van der Waals surface area (Å²) in [6, 6.07) is 19.2. The Morgan fingerprint density at radius 1 is 1.03 bits per heavy atom. The number of nitrogens with zero attached hydrogens (tertiary/aromatic N) is 1. The summed E-state index contributed by atoms with van der Waals surface area (Å²) in [6.45, 7) is 2.35. The van der Waals surface area contributed by atoms with Crippen LogP contribution in [0.25, 0.3) is 11.3 Å². The number of ether oxygens (including phenoxy) is 1. The van der Waals surface area contributed by atoms with Crippen molar-refractivity contribution in [2.45, 2.75) is 62.2 Å². The maximum absolute atomic E-state index is 12.9. The van der Waals surface area contributed by atoms with E-state index in [1.165, 1.54) is 43.1 Å². The number of aryl methyl sites for hydroxylation is 1. The van der Waals surface area contributed by atoms with Crippen LogP contribution in [0.5, 0.6) is 11.5 Å². The average molecular weight is 514 g/mol. The van der Waals surface area contributed by atoms with Crippen LogP contribution >= 0.6 is 11.8 Å². The second-order valence-corrected chi connectivity index (χ2v) is 11.0. The number of hydrogen-bond donors (Lipinski definition) is 1. The highest BCUT2D eigenvalue weighted by atomic mass is 32.2. The predicted molar refractivity (Wildman–Crippen MR) is 147 cm³/mol. The molecule has 190 valence electrons. The van der Waals surface area contributed by atoms with Crippen molar-refractivity contribution in [3.05, 3.63) is 106 Å². The van der Waals surface area contributed by atoms with Gasteiger partial charge in [-0.05, 0) is 67.3 Å². The van der Waals surface area contributed by atoms with E-state index in [2.05, 4.69) is 17.1 Å². The molecule has 1 saturated carbocycles. The fourth-order valence-corrected chi connectivity index (χ4v) is 6.06. The van der Waals surface area contributed by atoms with Crippen LogP contribution in [0, 0.1) is 6.92 Å². The first-order valence-electron chi connectivity index (χ1n) is 12.8. The van der Waals surface area contributed by atoms with E-state index < -0.39 is 5.63 Å². The molecule has 0 bridgehead atoms. The second-order valence-electron chi connectivity index (χ2n) is 9.59. The van der Waals surface area contributed by atoms with Gasteiger partial charge in [-0.3, -0.25) is 4.98 Å². The Morgan fingerprint density at radius 3 is 2.62 bits per heavy atom. The van der Waals surface area contributed by atoms with Crippen molar-refractivity contribution >= 4 is 11.8 Å². The molecule has 37 heavy (non-hydrogen) atoms. The lowest BCUT2D eigenvalue weighted by atomic mass is 10.0. The van der Waals surface area contributed by atoms with E-state index >= 15 is 0 Å².